The fourth-order valence-corrected chi connectivity index (χ4v) is 2.81. The first-order valence-electron chi connectivity index (χ1n) is 6.90. The highest BCUT2D eigenvalue weighted by Gasteiger charge is 2.24. The van der Waals surface area contributed by atoms with Crippen LogP contribution in [0.2, 0.25) is 5.02 Å². The molecule has 2 aromatic rings. The minimum atomic E-state index is 0.226. The number of nitrogens with one attached hydrogen (secondary N) is 1. The molecule has 0 saturated heterocycles. The van der Waals surface area contributed by atoms with Crippen molar-refractivity contribution in [2.75, 3.05) is 11.9 Å². The molecule has 1 heterocycles. The van der Waals surface area contributed by atoms with Crippen molar-refractivity contribution in [1.29, 1.82) is 0 Å². The van der Waals surface area contributed by atoms with Gasteiger partial charge < -0.3 is 10.1 Å². The molecule has 0 saturated carbocycles. The van der Waals surface area contributed by atoms with E-state index in [-0.39, 0.29) is 6.04 Å². The Morgan fingerprint density at radius 3 is 3.15 bits per heavy atom. The molecule has 0 bridgehead atoms. The Hall–Kier alpha value is -1.74. The molecule has 0 aliphatic heterocycles. The highest BCUT2D eigenvalue weighted by Crippen LogP contribution is 2.36. The van der Waals surface area contributed by atoms with Gasteiger partial charge >= 0.3 is 0 Å². The van der Waals surface area contributed by atoms with Crippen molar-refractivity contribution in [3.05, 3.63) is 52.8 Å². The summed E-state index contributed by atoms with van der Waals surface area (Å²) in [4.78, 5) is 4.50. The SMILES string of the molecule is CCOc1ccc(Cl)cc1NC1CCc2cccnc21. The standard InChI is InChI=1S/C16H17ClN2O/c1-2-20-15-8-6-12(17)10-14(15)19-13-7-5-11-4-3-9-18-16(11)13/h3-4,6,8-10,13,19H,2,5,7H2,1H3. The quantitative estimate of drug-likeness (QED) is 0.914. The monoisotopic (exact) mass is 288 g/mol. The van der Waals surface area contributed by atoms with Gasteiger partial charge in [0.2, 0.25) is 0 Å². The van der Waals surface area contributed by atoms with Gasteiger partial charge in [0.25, 0.3) is 0 Å². The smallest absolute Gasteiger partial charge is 0.142 e. The molecular formula is C16H17ClN2O. The largest absolute Gasteiger partial charge is 0.492 e. The van der Waals surface area contributed by atoms with Gasteiger partial charge in [0.1, 0.15) is 5.75 Å². The maximum Gasteiger partial charge on any atom is 0.142 e. The van der Waals surface area contributed by atoms with Gasteiger partial charge in [-0.25, -0.2) is 0 Å². The number of hydrogen-bond acceptors (Lipinski definition) is 3. The van der Waals surface area contributed by atoms with E-state index in [2.05, 4.69) is 16.4 Å². The van der Waals surface area contributed by atoms with Crippen molar-refractivity contribution in [2.24, 2.45) is 0 Å². The lowest BCUT2D eigenvalue weighted by Gasteiger charge is -2.18. The van der Waals surface area contributed by atoms with Gasteiger partial charge in [-0.15, -0.1) is 0 Å². The van der Waals surface area contributed by atoms with Crippen LogP contribution in [0.15, 0.2) is 36.5 Å². The molecule has 1 aromatic carbocycles. The number of nitrogens with zero attached hydrogens (tertiary/aromatic N) is 1. The van der Waals surface area contributed by atoms with E-state index in [4.69, 9.17) is 16.3 Å². The molecule has 1 aliphatic rings. The molecule has 3 rings (SSSR count). The van der Waals surface area contributed by atoms with Crippen LogP contribution >= 0.6 is 11.6 Å². The molecule has 104 valence electrons. The highest BCUT2D eigenvalue weighted by molar-refractivity contribution is 6.30. The Bertz CT molecular complexity index is 615. The van der Waals surface area contributed by atoms with Crippen molar-refractivity contribution in [2.45, 2.75) is 25.8 Å². The third-order valence-electron chi connectivity index (χ3n) is 3.53. The van der Waals surface area contributed by atoms with Crippen LogP contribution in [0.1, 0.15) is 30.6 Å². The van der Waals surface area contributed by atoms with E-state index < -0.39 is 0 Å². The van der Waals surface area contributed by atoms with E-state index in [9.17, 15) is 0 Å². The molecule has 4 heteroatoms. The zero-order chi connectivity index (χ0) is 13.9. The average Bonchev–Trinajstić information content (AvgIpc) is 2.86. The predicted molar refractivity (Wildman–Crippen MR) is 81.5 cm³/mol. The number of hydrogen-bond donors (Lipinski definition) is 1. The fraction of sp³-hybridized carbons (Fsp3) is 0.312. The summed E-state index contributed by atoms with van der Waals surface area (Å²) >= 11 is 6.09. The van der Waals surface area contributed by atoms with Crippen LogP contribution < -0.4 is 10.1 Å². The second-order valence-electron chi connectivity index (χ2n) is 4.86. The second kappa shape index (κ2) is 5.71. The van der Waals surface area contributed by atoms with Crippen LogP contribution in [0.3, 0.4) is 0 Å². The zero-order valence-electron chi connectivity index (χ0n) is 11.4. The Balaban J connectivity index is 1.87. The molecule has 0 radical (unpaired) electrons. The van der Waals surface area contributed by atoms with Crippen molar-refractivity contribution >= 4 is 17.3 Å². The molecular weight excluding hydrogens is 272 g/mol. The van der Waals surface area contributed by atoms with Gasteiger partial charge in [-0.1, -0.05) is 17.7 Å². The molecule has 0 fully saturated rings. The maximum absolute atomic E-state index is 6.09. The number of aryl methyl sites for hydroxylation is 1. The summed E-state index contributed by atoms with van der Waals surface area (Å²) in [7, 11) is 0. The van der Waals surface area contributed by atoms with E-state index in [0.29, 0.717) is 11.6 Å². The third-order valence-corrected chi connectivity index (χ3v) is 3.76. The molecule has 1 N–H and O–H groups in total. The maximum atomic E-state index is 6.09. The fourth-order valence-electron chi connectivity index (χ4n) is 2.64. The molecule has 1 unspecified atom stereocenters. The number of ether oxygens (including phenoxy) is 1. The van der Waals surface area contributed by atoms with Crippen LogP contribution in [-0.2, 0) is 6.42 Å². The van der Waals surface area contributed by atoms with E-state index in [1.165, 1.54) is 5.56 Å². The van der Waals surface area contributed by atoms with Crippen molar-refractivity contribution < 1.29 is 4.74 Å². The van der Waals surface area contributed by atoms with Gasteiger partial charge in [-0.2, -0.15) is 0 Å². The number of anilines is 1. The van der Waals surface area contributed by atoms with E-state index >= 15 is 0 Å². The molecule has 3 nitrogen and oxygen atoms in total. The van der Waals surface area contributed by atoms with Crippen LogP contribution in [0.25, 0.3) is 0 Å². The molecule has 0 spiro atoms. The summed E-state index contributed by atoms with van der Waals surface area (Å²) in [5.41, 5.74) is 3.39. The Morgan fingerprint density at radius 1 is 1.40 bits per heavy atom. The third kappa shape index (κ3) is 2.59. The molecule has 1 aromatic heterocycles. The van der Waals surface area contributed by atoms with E-state index in [1.54, 1.807) is 0 Å². The van der Waals surface area contributed by atoms with Gasteiger partial charge in [0.05, 0.1) is 24.0 Å². The number of fused-ring (bicyclic) bond motifs is 1. The molecule has 1 aliphatic carbocycles. The number of halogens is 1. The Morgan fingerprint density at radius 2 is 2.30 bits per heavy atom. The zero-order valence-corrected chi connectivity index (χ0v) is 12.2. The summed E-state index contributed by atoms with van der Waals surface area (Å²) in [5, 5.41) is 4.22. The summed E-state index contributed by atoms with van der Waals surface area (Å²) in [6.45, 7) is 2.61. The molecule has 20 heavy (non-hydrogen) atoms. The molecule has 0 amide bonds. The van der Waals surface area contributed by atoms with Crippen molar-refractivity contribution in [3.8, 4) is 5.75 Å². The summed E-state index contributed by atoms with van der Waals surface area (Å²) in [6.07, 6.45) is 3.95. The number of rotatable bonds is 4. The summed E-state index contributed by atoms with van der Waals surface area (Å²) in [5.74, 6) is 0.835. The van der Waals surface area contributed by atoms with Crippen LogP contribution in [0, 0.1) is 0 Å². The number of benzene rings is 1. The van der Waals surface area contributed by atoms with Crippen LogP contribution in [0.4, 0.5) is 5.69 Å². The van der Waals surface area contributed by atoms with Crippen LogP contribution in [-0.4, -0.2) is 11.6 Å². The minimum absolute atomic E-state index is 0.226. The van der Waals surface area contributed by atoms with Gasteiger partial charge in [-0.3, -0.25) is 4.98 Å². The first kappa shape index (κ1) is 13.3. The average molecular weight is 289 g/mol. The Labute approximate surface area is 123 Å². The predicted octanol–water partition coefficient (Wildman–Crippen LogP) is 4.23. The normalized spacial score (nSPS) is 16.8. The number of aromatic nitrogens is 1. The van der Waals surface area contributed by atoms with Gasteiger partial charge in [-0.05, 0) is 49.6 Å². The lowest BCUT2D eigenvalue weighted by Crippen LogP contribution is -2.10. The number of pyridine rings is 1. The van der Waals surface area contributed by atoms with Gasteiger partial charge in [0.15, 0.2) is 0 Å². The van der Waals surface area contributed by atoms with Crippen molar-refractivity contribution in [3.63, 3.8) is 0 Å². The minimum Gasteiger partial charge on any atom is -0.492 e. The summed E-state index contributed by atoms with van der Waals surface area (Å²) < 4.78 is 5.65. The topological polar surface area (TPSA) is 34.1 Å². The lowest BCUT2D eigenvalue weighted by molar-refractivity contribution is 0.341. The lowest BCUT2D eigenvalue weighted by atomic mass is 10.2. The first-order chi connectivity index (χ1) is 9.78. The molecule has 1 atom stereocenters. The van der Waals surface area contributed by atoms with Crippen LogP contribution in [0.5, 0.6) is 5.75 Å². The first-order valence-corrected chi connectivity index (χ1v) is 7.28. The summed E-state index contributed by atoms with van der Waals surface area (Å²) in [6, 6.07) is 10.0. The van der Waals surface area contributed by atoms with E-state index in [0.717, 1.165) is 30.0 Å². The van der Waals surface area contributed by atoms with Crippen molar-refractivity contribution in [1.82, 2.24) is 4.98 Å². The van der Waals surface area contributed by atoms with E-state index in [1.807, 2.05) is 37.4 Å². The Kier molecular flexibility index (Phi) is 3.79. The second-order valence-corrected chi connectivity index (χ2v) is 5.29. The highest BCUT2D eigenvalue weighted by atomic mass is 35.5. The van der Waals surface area contributed by atoms with Gasteiger partial charge in [0, 0.05) is 11.2 Å².